The number of hydrogen-bond acceptors (Lipinski definition) is 0. The second-order valence-electron chi connectivity index (χ2n) is 7.00. The highest BCUT2D eigenvalue weighted by Gasteiger charge is 1.93. The van der Waals surface area contributed by atoms with Crippen molar-refractivity contribution < 1.29 is 0 Å². The van der Waals surface area contributed by atoms with Gasteiger partial charge in [0.05, 0.1) is 0 Å². The highest BCUT2D eigenvalue weighted by molar-refractivity contribution is 4.81. The van der Waals surface area contributed by atoms with Gasteiger partial charge in [-0.15, -0.1) is 0 Å². The molecule has 0 saturated carbocycles. The molecule has 0 heteroatoms. The Hall–Kier alpha value is -0.260. The lowest BCUT2D eigenvalue weighted by Gasteiger charge is -2.02. The van der Waals surface area contributed by atoms with Crippen LogP contribution in [-0.4, -0.2) is 0 Å². The summed E-state index contributed by atoms with van der Waals surface area (Å²) in [6, 6.07) is 0. The molecule has 0 N–H and O–H groups in total. The van der Waals surface area contributed by atoms with Crippen molar-refractivity contribution in [3.8, 4) is 0 Å². The first-order valence-corrected chi connectivity index (χ1v) is 10.6. The fraction of sp³-hybridized carbons (Fsp3) is 0.909. The van der Waals surface area contributed by atoms with Gasteiger partial charge in [0.25, 0.3) is 0 Å². The molecule has 0 fully saturated rings. The Morgan fingerprint density at radius 3 is 1.09 bits per heavy atom. The van der Waals surface area contributed by atoms with Crippen LogP contribution in [0.15, 0.2) is 12.2 Å². The molecule has 0 bridgehead atoms. The Balaban J connectivity index is 2.98. The molecule has 0 aromatic rings. The Kier molecular flexibility index (Phi) is 20.5. The highest BCUT2D eigenvalue weighted by atomic mass is 14.0. The Labute approximate surface area is 142 Å². The van der Waals surface area contributed by atoms with E-state index in [1.54, 1.807) is 0 Å². The minimum atomic E-state index is 1.29. The molecule has 0 atom stereocenters. The second-order valence-corrected chi connectivity index (χ2v) is 7.00. The zero-order chi connectivity index (χ0) is 16.1. The summed E-state index contributed by atoms with van der Waals surface area (Å²) in [5, 5.41) is 0. The monoisotopic (exact) mass is 308 g/mol. The van der Waals surface area contributed by atoms with E-state index in [1.807, 2.05) is 0 Å². The average molecular weight is 309 g/mol. The van der Waals surface area contributed by atoms with E-state index in [0.717, 1.165) is 0 Å². The zero-order valence-corrected chi connectivity index (χ0v) is 15.9. The first-order valence-electron chi connectivity index (χ1n) is 10.6. The van der Waals surface area contributed by atoms with Crippen LogP contribution in [0, 0.1) is 0 Å². The van der Waals surface area contributed by atoms with Gasteiger partial charge in [-0.3, -0.25) is 0 Å². The molecule has 0 aromatic carbocycles. The van der Waals surface area contributed by atoms with Gasteiger partial charge in [-0.2, -0.15) is 0 Å². The van der Waals surface area contributed by atoms with Crippen LogP contribution in [-0.2, 0) is 0 Å². The quantitative estimate of drug-likeness (QED) is 0.176. The molecule has 0 unspecified atom stereocenters. The van der Waals surface area contributed by atoms with E-state index in [9.17, 15) is 0 Å². The summed E-state index contributed by atoms with van der Waals surface area (Å²) in [6.45, 7) is 4.56. The number of rotatable bonds is 18. The fourth-order valence-corrected chi connectivity index (χ4v) is 3.01. The molecule has 132 valence electrons. The van der Waals surface area contributed by atoms with E-state index in [1.165, 1.54) is 116 Å². The van der Waals surface area contributed by atoms with Crippen LogP contribution in [0.4, 0.5) is 0 Å². The van der Waals surface area contributed by atoms with Gasteiger partial charge < -0.3 is 0 Å². The van der Waals surface area contributed by atoms with Gasteiger partial charge in [0.1, 0.15) is 0 Å². The van der Waals surface area contributed by atoms with Crippen molar-refractivity contribution in [2.45, 2.75) is 129 Å². The van der Waals surface area contributed by atoms with E-state index < -0.39 is 0 Å². The Bertz CT molecular complexity index is 204. The molecule has 0 saturated heterocycles. The second kappa shape index (κ2) is 20.7. The lowest BCUT2D eigenvalue weighted by Crippen LogP contribution is -1.83. The van der Waals surface area contributed by atoms with Gasteiger partial charge in [0.15, 0.2) is 0 Å². The average Bonchev–Trinajstić information content (AvgIpc) is 2.54. The molecule has 0 radical (unpaired) electrons. The predicted molar refractivity (Wildman–Crippen MR) is 104 cm³/mol. The maximum atomic E-state index is 2.40. The summed E-state index contributed by atoms with van der Waals surface area (Å²) >= 11 is 0. The first-order chi connectivity index (χ1) is 10.9. The van der Waals surface area contributed by atoms with Crippen molar-refractivity contribution >= 4 is 0 Å². The minimum Gasteiger partial charge on any atom is -0.0885 e. The Morgan fingerprint density at radius 1 is 0.364 bits per heavy atom. The molecule has 0 aliphatic heterocycles. The third kappa shape index (κ3) is 19.7. The minimum absolute atomic E-state index is 1.29. The van der Waals surface area contributed by atoms with Crippen molar-refractivity contribution in [1.82, 2.24) is 0 Å². The molecule has 0 aliphatic rings. The topological polar surface area (TPSA) is 0 Å². The van der Waals surface area contributed by atoms with Gasteiger partial charge in [-0.1, -0.05) is 122 Å². The van der Waals surface area contributed by atoms with Crippen LogP contribution in [0.25, 0.3) is 0 Å². The van der Waals surface area contributed by atoms with E-state index >= 15 is 0 Å². The summed E-state index contributed by atoms with van der Waals surface area (Å²) < 4.78 is 0. The molecule has 0 aliphatic carbocycles. The Morgan fingerprint density at radius 2 is 0.682 bits per heavy atom. The normalized spacial score (nSPS) is 11.5. The van der Waals surface area contributed by atoms with Crippen LogP contribution in [0.3, 0.4) is 0 Å². The van der Waals surface area contributed by atoms with Crippen molar-refractivity contribution in [2.75, 3.05) is 0 Å². The van der Waals surface area contributed by atoms with Crippen molar-refractivity contribution in [1.29, 1.82) is 0 Å². The number of unbranched alkanes of at least 4 members (excludes halogenated alkanes) is 16. The van der Waals surface area contributed by atoms with Crippen molar-refractivity contribution in [2.24, 2.45) is 0 Å². The third-order valence-corrected chi connectivity index (χ3v) is 4.62. The molecule has 0 aromatic heterocycles. The van der Waals surface area contributed by atoms with Gasteiger partial charge >= 0.3 is 0 Å². The smallest absolute Gasteiger partial charge is 0.0351 e. The fourth-order valence-electron chi connectivity index (χ4n) is 3.01. The molecular weight excluding hydrogens is 264 g/mol. The van der Waals surface area contributed by atoms with Gasteiger partial charge in [0.2, 0.25) is 0 Å². The van der Waals surface area contributed by atoms with E-state index in [-0.39, 0.29) is 0 Å². The van der Waals surface area contributed by atoms with E-state index in [0.29, 0.717) is 0 Å². The van der Waals surface area contributed by atoms with Gasteiger partial charge in [0, 0.05) is 0 Å². The SMILES string of the molecule is CCCCC=CCCCCCCCCCCCCCCCC. The number of hydrogen-bond donors (Lipinski definition) is 0. The molecule has 0 amide bonds. The maximum Gasteiger partial charge on any atom is -0.0351 e. The molecule has 0 nitrogen and oxygen atoms in total. The van der Waals surface area contributed by atoms with Crippen LogP contribution in [0.1, 0.15) is 129 Å². The lowest BCUT2D eigenvalue weighted by atomic mass is 10.0. The van der Waals surface area contributed by atoms with Crippen LogP contribution in [0.2, 0.25) is 0 Å². The lowest BCUT2D eigenvalue weighted by molar-refractivity contribution is 0.536. The van der Waals surface area contributed by atoms with Gasteiger partial charge in [-0.05, 0) is 19.3 Å². The van der Waals surface area contributed by atoms with Crippen LogP contribution in [0.5, 0.6) is 0 Å². The summed E-state index contributed by atoms with van der Waals surface area (Å²) in [5.41, 5.74) is 0. The molecular formula is C22H44. The molecule has 22 heavy (non-hydrogen) atoms. The van der Waals surface area contributed by atoms with Crippen LogP contribution >= 0.6 is 0 Å². The molecule has 0 rings (SSSR count). The van der Waals surface area contributed by atoms with E-state index in [2.05, 4.69) is 26.0 Å². The molecule has 0 spiro atoms. The summed E-state index contributed by atoms with van der Waals surface area (Å²) in [5.74, 6) is 0. The van der Waals surface area contributed by atoms with Crippen molar-refractivity contribution in [3.05, 3.63) is 12.2 Å². The first kappa shape index (κ1) is 21.7. The van der Waals surface area contributed by atoms with E-state index in [4.69, 9.17) is 0 Å². The predicted octanol–water partition coefficient (Wildman–Crippen LogP) is 8.60. The van der Waals surface area contributed by atoms with Crippen LogP contribution < -0.4 is 0 Å². The maximum absolute atomic E-state index is 2.40. The standard InChI is InChI=1S/C22H44/c1-3-5-7-9-11-13-15-17-19-21-22-20-18-16-14-12-10-8-6-4-2/h9,11H,3-8,10,12-22H2,1-2H3. The van der Waals surface area contributed by atoms with Crippen molar-refractivity contribution in [3.63, 3.8) is 0 Å². The third-order valence-electron chi connectivity index (χ3n) is 4.62. The highest BCUT2D eigenvalue weighted by Crippen LogP contribution is 2.13. The summed E-state index contributed by atoms with van der Waals surface area (Å²) in [4.78, 5) is 0. The number of allylic oxidation sites excluding steroid dienone is 2. The summed E-state index contributed by atoms with van der Waals surface area (Å²) in [6.07, 6.45) is 30.4. The zero-order valence-electron chi connectivity index (χ0n) is 15.9. The molecule has 0 heterocycles. The largest absolute Gasteiger partial charge is 0.0885 e. The van der Waals surface area contributed by atoms with Gasteiger partial charge in [-0.25, -0.2) is 0 Å². The summed E-state index contributed by atoms with van der Waals surface area (Å²) in [7, 11) is 0.